The van der Waals surface area contributed by atoms with Crippen LogP contribution in [0.3, 0.4) is 0 Å². The van der Waals surface area contributed by atoms with Crippen molar-refractivity contribution < 1.29 is 22.8 Å². The minimum absolute atomic E-state index is 0.125. The molecule has 2 amide bonds. The standard InChI is InChI=1S/C27H31N5O5S/c1-2-3-10-22(31-27(35)23-15-14-19-9-4-5-11-20(19)29-23)26(34)30-21-12-8-17-32(18-24(21)33)38(36,37)25-13-6-7-16-28-25/h4-7,9,11,13-16,21-22H,2-3,8,10,12,17-18H2,1H3,(H,30,34)(H,31,35). The Morgan fingerprint density at radius 2 is 1.89 bits per heavy atom. The fraction of sp³-hybridized carbons (Fsp3) is 0.370. The number of ketones is 1. The van der Waals surface area contributed by atoms with E-state index in [9.17, 15) is 22.8 Å². The number of amides is 2. The van der Waals surface area contributed by atoms with Gasteiger partial charge in [-0.15, -0.1) is 0 Å². The molecule has 0 aliphatic carbocycles. The fourth-order valence-electron chi connectivity index (χ4n) is 4.36. The molecule has 2 N–H and O–H groups in total. The van der Waals surface area contributed by atoms with E-state index in [1.165, 1.54) is 12.3 Å². The Kier molecular flexibility index (Phi) is 8.80. The molecular weight excluding hydrogens is 506 g/mol. The second-order valence-electron chi connectivity index (χ2n) is 9.23. The van der Waals surface area contributed by atoms with Crippen LogP contribution in [-0.4, -0.2) is 65.5 Å². The van der Waals surface area contributed by atoms with Crippen LogP contribution in [0, 0.1) is 0 Å². The van der Waals surface area contributed by atoms with E-state index in [2.05, 4.69) is 20.6 Å². The van der Waals surface area contributed by atoms with Crippen LogP contribution >= 0.6 is 0 Å². The summed E-state index contributed by atoms with van der Waals surface area (Å²) in [5.41, 5.74) is 0.864. The zero-order chi connectivity index (χ0) is 27.1. The number of nitrogens with zero attached hydrogens (tertiary/aromatic N) is 3. The first-order chi connectivity index (χ1) is 18.3. The maximum atomic E-state index is 13.2. The number of sulfonamides is 1. The van der Waals surface area contributed by atoms with Gasteiger partial charge in [-0.1, -0.05) is 50.1 Å². The van der Waals surface area contributed by atoms with Gasteiger partial charge in [-0.05, 0) is 43.5 Å². The van der Waals surface area contributed by atoms with Crippen molar-refractivity contribution in [2.24, 2.45) is 0 Å². The molecule has 2 unspecified atom stereocenters. The van der Waals surface area contributed by atoms with Gasteiger partial charge < -0.3 is 10.6 Å². The molecule has 4 rings (SSSR count). The topological polar surface area (TPSA) is 138 Å². The first kappa shape index (κ1) is 27.3. The average Bonchev–Trinajstić information content (AvgIpc) is 3.12. The van der Waals surface area contributed by atoms with Crippen molar-refractivity contribution in [1.29, 1.82) is 0 Å². The highest BCUT2D eigenvalue weighted by Gasteiger charge is 2.34. The molecule has 3 heterocycles. The van der Waals surface area contributed by atoms with Crippen molar-refractivity contribution >= 4 is 38.5 Å². The molecule has 3 aromatic rings. The number of hydrogen-bond acceptors (Lipinski definition) is 7. The Labute approximate surface area is 221 Å². The summed E-state index contributed by atoms with van der Waals surface area (Å²) in [5, 5.41) is 6.30. The average molecular weight is 538 g/mol. The summed E-state index contributed by atoms with van der Waals surface area (Å²) in [4.78, 5) is 47.5. The van der Waals surface area contributed by atoms with E-state index in [1.807, 2.05) is 31.2 Å². The second-order valence-corrected chi connectivity index (χ2v) is 11.1. The molecule has 2 aromatic heterocycles. The van der Waals surface area contributed by atoms with Crippen LogP contribution < -0.4 is 10.6 Å². The number of nitrogens with one attached hydrogen (secondary N) is 2. The van der Waals surface area contributed by atoms with Crippen LogP contribution in [0.15, 0.2) is 65.8 Å². The van der Waals surface area contributed by atoms with Crippen molar-refractivity contribution in [2.75, 3.05) is 13.1 Å². The minimum Gasteiger partial charge on any atom is -0.344 e. The lowest BCUT2D eigenvalue weighted by atomic mass is 10.1. The first-order valence-electron chi connectivity index (χ1n) is 12.7. The van der Waals surface area contributed by atoms with Crippen molar-refractivity contribution in [2.45, 2.75) is 56.1 Å². The Balaban J connectivity index is 1.43. The molecule has 1 aliphatic heterocycles. The number of carbonyl (C=O) groups excluding carboxylic acids is 3. The lowest BCUT2D eigenvalue weighted by molar-refractivity contribution is -0.128. The van der Waals surface area contributed by atoms with E-state index in [0.717, 1.165) is 16.1 Å². The molecule has 1 saturated heterocycles. The van der Waals surface area contributed by atoms with Gasteiger partial charge in [0.25, 0.3) is 15.9 Å². The number of aromatic nitrogens is 2. The predicted molar refractivity (Wildman–Crippen MR) is 142 cm³/mol. The highest BCUT2D eigenvalue weighted by Crippen LogP contribution is 2.18. The SMILES string of the molecule is CCCCC(NC(=O)c1ccc2ccccc2n1)C(=O)NC1CCCN(S(=O)(=O)c2ccccn2)CC1=O. The molecule has 0 saturated carbocycles. The van der Waals surface area contributed by atoms with Crippen molar-refractivity contribution in [3.63, 3.8) is 0 Å². The third kappa shape index (κ3) is 6.40. The number of unbranched alkanes of at least 4 members (excludes halogenated alkanes) is 1. The number of Topliss-reactive ketones (excluding diaryl/α,β-unsaturated/α-hetero) is 1. The zero-order valence-electron chi connectivity index (χ0n) is 21.2. The molecule has 10 nitrogen and oxygen atoms in total. The number of carbonyl (C=O) groups is 3. The summed E-state index contributed by atoms with van der Waals surface area (Å²) in [6, 6.07) is 13.7. The van der Waals surface area contributed by atoms with Crippen molar-refractivity contribution in [3.8, 4) is 0 Å². The Bertz CT molecular complexity index is 1410. The molecule has 0 bridgehead atoms. The third-order valence-corrected chi connectivity index (χ3v) is 8.24. The van der Waals surface area contributed by atoms with E-state index in [-0.39, 0.29) is 23.8 Å². The zero-order valence-corrected chi connectivity index (χ0v) is 22.0. The number of benzene rings is 1. The normalized spacial score (nSPS) is 17.5. The van der Waals surface area contributed by atoms with Crippen LogP contribution in [0.2, 0.25) is 0 Å². The monoisotopic (exact) mass is 537 g/mol. The number of pyridine rings is 2. The number of rotatable bonds is 9. The Morgan fingerprint density at radius 1 is 1.11 bits per heavy atom. The number of fused-ring (bicyclic) bond motifs is 1. The van der Waals surface area contributed by atoms with Gasteiger partial charge in [-0.25, -0.2) is 18.4 Å². The molecule has 200 valence electrons. The molecule has 0 radical (unpaired) electrons. The quantitative estimate of drug-likeness (QED) is 0.428. The van der Waals surface area contributed by atoms with Gasteiger partial charge in [-0.3, -0.25) is 14.4 Å². The second kappa shape index (κ2) is 12.2. The Hall–Kier alpha value is -3.70. The van der Waals surface area contributed by atoms with Gasteiger partial charge in [0, 0.05) is 18.1 Å². The maximum absolute atomic E-state index is 13.2. The van der Waals surface area contributed by atoms with Crippen LogP contribution in [0.25, 0.3) is 10.9 Å². The number of para-hydroxylation sites is 1. The van der Waals surface area contributed by atoms with E-state index in [4.69, 9.17) is 0 Å². The predicted octanol–water partition coefficient (Wildman–Crippen LogP) is 2.46. The van der Waals surface area contributed by atoms with E-state index >= 15 is 0 Å². The van der Waals surface area contributed by atoms with Crippen LogP contribution in [-0.2, 0) is 19.6 Å². The minimum atomic E-state index is -3.94. The van der Waals surface area contributed by atoms with Gasteiger partial charge in [0.15, 0.2) is 10.8 Å². The molecule has 0 spiro atoms. The van der Waals surface area contributed by atoms with E-state index in [1.54, 1.807) is 24.3 Å². The van der Waals surface area contributed by atoms with Gasteiger partial charge in [0.2, 0.25) is 5.91 Å². The highest BCUT2D eigenvalue weighted by molar-refractivity contribution is 7.89. The largest absolute Gasteiger partial charge is 0.344 e. The molecule has 11 heteroatoms. The van der Waals surface area contributed by atoms with Crippen molar-refractivity contribution in [3.05, 3.63) is 66.5 Å². The van der Waals surface area contributed by atoms with Crippen molar-refractivity contribution in [1.82, 2.24) is 24.9 Å². The van der Waals surface area contributed by atoms with E-state index in [0.29, 0.717) is 31.2 Å². The molecule has 38 heavy (non-hydrogen) atoms. The van der Waals surface area contributed by atoms with E-state index < -0.39 is 39.7 Å². The fourth-order valence-corrected chi connectivity index (χ4v) is 5.74. The first-order valence-corrected chi connectivity index (χ1v) is 14.1. The van der Waals surface area contributed by atoms with Crippen LogP contribution in [0.5, 0.6) is 0 Å². The summed E-state index contributed by atoms with van der Waals surface area (Å²) in [5.74, 6) is -1.37. The summed E-state index contributed by atoms with van der Waals surface area (Å²) < 4.78 is 27.0. The summed E-state index contributed by atoms with van der Waals surface area (Å²) in [6.45, 7) is 1.75. The van der Waals surface area contributed by atoms with Gasteiger partial charge in [-0.2, -0.15) is 4.31 Å². The van der Waals surface area contributed by atoms with Gasteiger partial charge in [0.05, 0.1) is 18.1 Å². The summed E-state index contributed by atoms with van der Waals surface area (Å²) in [7, 11) is -3.94. The molecular formula is C27H31N5O5S. The molecule has 1 aliphatic rings. The Morgan fingerprint density at radius 3 is 2.66 bits per heavy atom. The summed E-state index contributed by atoms with van der Waals surface area (Å²) in [6.07, 6.45) is 3.96. The van der Waals surface area contributed by atoms with Crippen LogP contribution in [0.1, 0.15) is 49.5 Å². The molecule has 1 aromatic carbocycles. The molecule has 1 fully saturated rings. The van der Waals surface area contributed by atoms with Gasteiger partial charge >= 0.3 is 0 Å². The van der Waals surface area contributed by atoms with Crippen LogP contribution in [0.4, 0.5) is 0 Å². The number of hydrogen-bond donors (Lipinski definition) is 2. The highest BCUT2D eigenvalue weighted by atomic mass is 32.2. The molecule has 2 atom stereocenters. The van der Waals surface area contributed by atoms with Gasteiger partial charge in [0.1, 0.15) is 11.7 Å². The smallest absolute Gasteiger partial charge is 0.270 e. The summed E-state index contributed by atoms with van der Waals surface area (Å²) >= 11 is 0. The lowest BCUT2D eigenvalue weighted by Crippen LogP contribution is -2.52. The maximum Gasteiger partial charge on any atom is 0.270 e. The lowest BCUT2D eigenvalue weighted by Gasteiger charge is -2.22. The third-order valence-electron chi connectivity index (χ3n) is 6.48.